The highest BCUT2D eigenvalue weighted by Crippen LogP contribution is 2.52. The number of sulfonamides is 1. The molecule has 0 unspecified atom stereocenters. The van der Waals surface area contributed by atoms with Crippen LogP contribution in [0.25, 0.3) is 21.9 Å². The van der Waals surface area contributed by atoms with Crippen LogP contribution in [0.15, 0.2) is 70.1 Å². The van der Waals surface area contributed by atoms with Crippen LogP contribution in [-0.4, -0.2) is 35.1 Å². The van der Waals surface area contributed by atoms with E-state index in [4.69, 9.17) is 9.40 Å². The number of carbonyl (C=O) groups excluding carboxylic acids is 1. The molecule has 0 aliphatic carbocycles. The molecule has 1 amide bonds. The van der Waals surface area contributed by atoms with E-state index < -0.39 is 33.6 Å². The number of carbonyl (C=O) groups is 1. The minimum absolute atomic E-state index is 0.0344. The molecule has 0 saturated carbocycles. The Bertz CT molecular complexity index is 2090. The van der Waals surface area contributed by atoms with Gasteiger partial charge in [-0.3, -0.25) is 9.78 Å². The monoisotopic (exact) mass is 664 g/mol. The maximum Gasteiger partial charge on any atom is 0.261 e. The van der Waals surface area contributed by atoms with Gasteiger partial charge in [-0.1, -0.05) is 18.2 Å². The molecule has 1 N–H and O–H groups in total. The first kappa shape index (κ1) is 30.3. The largest absolute Gasteiger partial charge is 0.441 e. The van der Waals surface area contributed by atoms with Crippen LogP contribution in [0.1, 0.15) is 56.8 Å². The van der Waals surface area contributed by atoms with Gasteiger partial charge in [-0.2, -0.15) is 4.31 Å². The molecule has 46 heavy (non-hydrogen) atoms. The number of aromatic nitrogens is 2. The molecule has 1 saturated heterocycles. The highest BCUT2D eigenvalue weighted by atomic mass is 32.2. The molecule has 236 valence electrons. The second-order valence-corrected chi connectivity index (χ2v) is 14.2. The first-order valence-corrected chi connectivity index (χ1v) is 16.9. The van der Waals surface area contributed by atoms with Crippen molar-refractivity contribution in [1.29, 1.82) is 0 Å². The van der Waals surface area contributed by atoms with Gasteiger partial charge in [-0.05, 0) is 80.1 Å². The number of amides is 1. The molecular formula is C33H27F3N4O4S2. The number of hydrogen-bond acceptors (Lipinski definition) is 7. The molecule has 1 atom stereocenters. The van der Waals surface area contributed by atoms with Crippen molar-refractivity contribution >= 4 is 27.3 Å². The summed E-state index contributed by atoms with van der Waals surface area (Å²) in [6, 6.07) is 12.5. The van der Waals surface area contributed by atoms with E-state index in [-0.39, 0.29) is 23.1 Å². The second kappa shape index (κ2) is 11.8. The first-order valence-electron chi connectivity index (χ1n) is 14.7. The van der Waals surface area contributed by atoms with Crippen molar-refractivity contribution in [2.75, 3.05) is 6.54 Å². The van der Waals surface area contributed by atoms with Gasteiger partial charge in [0.15, 0.2) is 11.6 Å². The number of aryl methyl sites for hydroxylation is 3. The molecule has 2 aliphatic rings. The van der Waals surface area contributed by atoms with Gasteiger partial charge in [0.2, 0.25) is 15.9 Å². The summed E-state index contributed by atoms with van der Waals surface area (Å²) >= 11 is 1.10. The number of hydrogen-bond donors (Lipinski definition) is 1. The van der Waals surface area contributed by atoms with Crippen molar-refractivity contribution in [2.45, 2.75) is 50.1 Å². The summed E-state index contributed by atoms with van der Waals surface area (Å²) in [5, 5.41) is 2.72. The summed E-state index contributed by atoms with van der Waals surface area (Å²) < 4.78 is 76.3. The summed E-state index contributed by atoms with van der Waals surface area (Å²) in [4.78, 5) is 23.5. The Labute approximate surface area is 267 Å². The zero-order valence-electron chi connectivity index (χ0n) is 24.5. The van der Waals surface area contributed by atoms with E-state index in [1.807, 2.05) is 0 Å². The normalized spacial score (nSPS) is 16.8. The van der Waals surface area contributed by atoms with E-state index in [0.717, 1.165) is 29.0 Å². The Balaban J connectivity index is 1.33. The molecule has 3 aromatic heterocycles. The smallest absolute Gasteiger partial charge is 0.261 e. The number of pyridine rings is 1. The van der Waals surface area contributed by atoms with E-state index in [1.54, 1.807) is 37.4 Å². The Hall–Kier alpha value is -4.33. The molecular weight excluding hydrogens is 638 g/mol. The van der Waals surface area contributed by atoms with Crippen LogP contribution in [0.4, 0.5) is 13.2 Å². The molecule has 13 heteroatoms. The number of rotatable bonds is 8. The molecule has 1 fully saturated rings. The molecule has 2 aromatic carbocycles. The highest BCUT2D eigenvalue weighted by Gasteiger charge is 2.49. The van der Waals surface area contributed by atoms with Crippen LogP contribution < -0.4 is 5.32 Å². The van der Waals surface area contributed by atoms with E-state index in [9.17, 15) is 26.4 Å². The van der Waals surface area contributed by atoms with Crippen molar-refractivity contribution in [3.8, 4) is 21.9 Å². The van der Waals surface area contributed by atoms with Crippen molar-refractivity contribution in [1.82, 2.24) is 19.6 Å². The maximum atomic E-state index is 14.1. The van der Waals surface area contributed by atoms with Crippen molar-refractivity contribution < 1.29 is 30.8 Å². The lowest BCUT2D eigenvalue weighted by atomic mass is 9.96. The van der Waals surface area contributed by atoms with Gasteiger partial charge in [0.1, 0.15) is 16.5 Å². The molecule has 8 nitrogen and oxygen atoms in total. The quantitative estimate of drug-likeness (QED) is 0.197. The molecule has 0 radical (unpaired) electrons. The van der Waals surface area contributed by atoms with Gasteiger partial charge in [-0.25, -0.2) is 26.6 Å². The van der Waals surface area contributed by atoms with Crippen LogP contribution in [0.2, 0.25) is 0 Å². The zero-order chi connectivity index (χ0) is 32.2. The lowest BCUT2D eigenvalue weighted by Crippen LogP contribution is -2.23. The van der Waals surface area contributed by atoms with E-state index in [0.29, 0.717) is 75.8 Å². The van der Waals surface area contributed by atoms with Crippen molar-refractivity contribution in [3.63, 3.8) is 0 Å². The van der Waals surface area contributed by atoms with Gasteiger partial charge in [0.05, 0.1) is 34.1 Å². The Morgan fingerprint density at radius 3 is 2.54 bits per heavy atom. The fourth-order valence-corrected chi connectivity index (χ4v) is 9.19. The molecule has 7 rings (SSSR count). The minimum Gasteiger partial charge on any atom is -0.441 e. The predicted octanol–water partition coefficient (Wildman–Crippen LogP) is 6.75. The number of oxazole rings is 1. The lowest BCUT2D eigenvalue weighted by molar-refractivity contribution is 0.0955. The zero-order valence-corrected chi connectivity index (χ0v) is 26.2. The molecule has 2 aliphatic heterocycles. The average Bonchev–Trinajstić information content (AvgIpc) is 3.84. The summed E-state index contributed by atoms with van der Waals surface area (Å²) in [5.74, 6) is -2.06. The van der Waals surface area contributed by atoms with E-state index in [2.05, 4.69) is 10.3 Å². The van der Waals surface area contributed by atoms with Gasteiger partial charge in [0.25, 0.3) is 5.91 Å². The Morgan fingerprint density at radius 2 is 1.80 bits per heavy atom. The molecule has 0 bridgehead atoms. The van der Waals surface area contributed by atoms with E-state index in [1.165, 1.54) is 22.5 Å². The van der Waals surface area contributed by atoms with Crippen LogP contribution in [-0.2, 0) is 29.4 Å². The van der Waals surface area contributed by atoms with Crippen molar-refractivity contribution in [2.24, 2.45) is 0 Å². The third-order valence-electron chi connectivity index (χ3n) is 8.25. The predicted molar refractivity (Wildman–Crippen MR) is 165 cm³/mol. The third kappa shape index (κ3) is 5.41. The van der Waals surface area contributed by atoms with Crippen LogP contribution in [0, 0.1) is 24.4 Å². The SMILES string of the molecule is Cc1cnc(-c2c(CCc3ccc(F)cc3)nc3c(c2-c2ccc(C(=O)NCc4ccc(F)c(F)c4)s2)S(=O)(=O)N2CCC[C@@H]32)o1. The van der Waals surface area contributed by atoms with Gasteiger partial charge in [-0.15, -0.1) is 11.3 Å². The van der Waals surface area contributed by atoms with Crippen LogP contribution >= 0.6 is 11.3 Å². The standard InChI is InChI=1S/C33H27F3N4O4S2/c1-18-16-38-33(44-18)28-24(11-7-19-4-8-21(34)9-5-19)39-30-25-3-2-14-40(25)46(42,43)31(30)29(28)26-12-13-27(45-26)32(41)37-17-20-6-10-22(35)23(36)15-20/h4-6,8-10,12-13,15-16,25H,2-3,7,11,14,17H2,1H3,(H,37,41)/t25-/m0/s1. The fraction of sp³-hybridized carbons (Fsp3) is 0.242. The van der Waals surface area contributed by atoms with Gasteiger partial charge >= 0.3 is 0 Å². The minimum atomic E-state index is -3.94. The van der Waals surface area contributed by atoms with Crippen LogP contribution in [0.3, 0.4) is 0 Å². The number of nitrogens with one attached hydrogen (secondary N) is 1. The number of halogens is 3. The maximum absolute atomic E-state index is 14.1. The summed E-state index contributed by atoms with van der Waals surface area (Å²) in [7, 11) is -3.94. The van der Waals surface area contributed by atoms with Gasteiger partial charge in [0, 0.05) is 23.5 Å². The average molecular weight is 665 g/mol. The summed E-state index contributed by atoms with van der Waals surface area (Å²) in [5.41, 5.74) is 3.11. The number of fused-ring (bicyclic) bond motifs is 3. The second-order valence-electron chi connectivity index (χ2n) is 11.3. The summed E-state index contributed by atoms with van der Waals surface area (Å²) in [6.45, 7) is 2.08. The highest BCUT2D eigenvalue weighted by molar-refractivity contribution is 7.89. The topological polar surface area (TPSA) is 105 Å². The number of thiophene rings is 1. The molecule has 5 heterocycles. The van der Waals surface area contributed by atoms with Crippen LogP contribution in [0.5, 0.6) is 0 Å². The fourth-order valence-electron chi connectivity index (χ4n) is 6.09. The molecule has 0 spiro atoms. The Morgan fingerprint density at radius 1 is 1.02 bits per heavy atom. The van der Waals surface area contributed by atoms with Gasteiger partial charge < -0.3 is 9.73 Å². The first-order chi connectivity index (χ1) is 22.1. The number of benzene rings is 2. The Kier molecular flexibility index (Phi) is 7.78. The van der Waals surface area contributed by atoms with Crippen molar-refractivity contribution in [3.05, 3.63) is 111 Å². The number of nitrogens with zero attached hydrogens (tertiary/aromatic N) is 3. The summed E-state index contributed by atoms with van der Waals surface area (Å²) in [6.07, 6.45) is 3.79. The lowest BCUT2D eigenvalue weighted by Gasteiger charge is -2.16. The molecule has 5 aromatic rings. The third-order valence-corrected chi connectivity index (χ3v) is 11.3. The van der Waals surface area contributed by atoms with E-state index >= 15 is 0 Å².